The Morgan fingerprint density at radius 2 is 2.00 bits per heavy atom. The first-order valence-electron chi connectivity index (χ1n) is 8.42. The molecule has 0 unspecified atom stereocenters. The van der Waals surface area contributed by atoms with Crippen molar-refractivity contribution in [1.82, 2.24) is 4.98 Å². The molecule has 0 saturated heterocycles. The van der Waals surface area contributed by atoms with Gasteiger partial charge < -0.3 is 24.8 Å². The molecule has 4 rings (SSSR count). The number of aromatic nitrogens is 1. The van der Waals surface area contributed by atoms with Crippen molar-refractivity contribution in [3.63, 3.8) is 0 Å². The number of rotatable bonds is 6. The number of pyridine rings is 1. The normalized spacial score (nSPS) is 12.7. The Labute approximate surface area is 166 Å². The topological polar surface area (TPSA) is 88.2 Å². The van der Waals surface area contributed by atoms with Crippen LogP contribution in [0.1, 0.15) is 11.1 Å². The van der Waals surface area contributed by atoms with Gasteiger partial charge in [0.05, 0.1) is 10.6 Å². The third kappa shape index (κ3) is 3.94. The van der Waals surface area contributed by atoms with E-state index in [1.165, 1.54) is 0 Å². The Morgan fingerprint density at radius 3 is 2.86 bits per heavy atom. The van der Waals surface area contributed by atoms with Gasteiger partial charge >= 0.3 is 0 Å². The van der Waals surface area contributed by atoms with E-state index in [1.54, 1.807) is 30.5 Å². The van der Waals surface area contributed by atoms with Crippen LogP contribution in [0.25, 0.3) is 0 Å². The van der Waals surface area contributed by atoms with Gasteiger partial charge in [0.25, 0.3) is 0 Å². The number of hydrogen-bond donors (Lipinski definition) is 1. The van der Waals surface area contributed by atoms with E-state index in [-0.39, 0.29) is 19.2 Å². The van der Waals surface area contributed by atoms with Crippen LogP contribution < -0.4 is 19.9 Å². The maximum absolute atomic E-state index is 6.16. The summed E-state index contributed by atoms with van der Waals surface area (Å²) in [5, 5.41) is 4.43. The molecular weight excluding hydrogens is 382 g/mol. The number of halogens is 1. The van der Waals surface area contributed by atoms with Gasteiger partial charge in [0.2, 0.25) is 12.7 Å². The molecule has 0 bridgehead atoms. The zero-order valence-corrected chi connectivity index (χ0v) is 15.4. The Hall–Kier alpha value is -3.45. The molecule has 8 heteroatoms. The number of oxime groups is 1. The molecule has 7 nitrogen and oxygen atoms in total. The Morgan fingerprint density at radius 1 is 1.14 bits per heavy atom. The van der Waals surface area contributed by atoms with Gasteiger partial charge in [-0.25, -0.2) is 4.98 Å². The predicted octanol–water partition coefficient (Wildman–Crippen LogP) is 4.09. The highest BCUT2D eigenvalue weighted by molar-refractivity contribution is 6.32. The first kappa shape index (κ1) is 17.9. The number of hydrogen-bond acceptors (Lipinski definition) is 6. The molecule has 1 aromatic heterocycles. The zero-order valence-electron chi connectivity index (χ0n) is 14.7. The van der Waals surface area contributed by atoms with Crippen LogP contribution in [0.4, 0.5) is 0 Å². The number of ether oxygens (including phenoxy) is 3. The Balaban J connectivity index is 1.47. The molecule has 0 atom stereocenters. The second-order valence-corrected chi connectivity index (χ2v) is 6.24. The van der Waals surface area contributed by atoms with E-state index in [2.05, 4.69) is 10.1 Å². The largest absolute Gasteiger partial charge is 0.454 e. The van der Waals surface area contributed by atoms with E-state index < -0.39 is 0 Å². The minimum Gasteiger partial charge on any atom is -0.454 e. The van der Waals surface area contributed by atoms with Crippen molar-refractivity contribution in [3.05, 3.63) is 76.9 Å². The number of amidine groups is 1. The highest BCUT2D eigenvalue weighted by atomic mass is 35.5. The predicted molar refractivity (Wildman–Crippen MR) is 104 cm³/mol. The highest BCUT2D eigenvalue weighted by Crippen LogP contribution is 2.39. The van der Waals surface area contributed by atoms with Crippen molar-refractivity contribution < 1.29 is 19.0 Å². The van der Waals surface area contributed by atoms with Gasteiger partial charge in [0.1, 0.15) is 12.4 Å². The van der Waals surface area contributed by atoms with Crippen LogP contribution in [0.3, 0.4) is 0 Å². The lowest BCUT2D eigenvalue weighted by atomic mass is 10.2. The summed E-state index contributed by atoms with van der Waals surface area (Å²) in [5.74, 6) is 2.24. The second kappa shape index (κ2) is 8.06. The molecule has 3 aromatic rings. The van der Waals surface area contributed by atoms with Gasteiger partial charge in [-0.2, -0.15) is 0 Å². The number of nitrogens with two attached hydrogens (primary N) is 1. The summed E-state index contributed by atoms with van der Waals surface area (Å²) in [6, 6.07) is 16.3. The van der Waals surface area contributed by atoms with Crippen LogP contribution in [0.15, 0.2) is 65.9 Å². The van der Waals surface area contributed by atoms with E-state index in [9.17, 15) is 0 Å². The fraction of sp³-hybridized carbons (Fsp3) is 0.100. The lowest BCUT2D eigenvalue weighted by Crippen LogP contribution is -2.15. The molecular formula is C20H16ClN3O4. The van der Waals surface area contributed by atoms with Crippen molar-refractivity contribution in [2.45, 2.75) is 6.61 Å². The number of para-hydroxylation sites is 1. The molecule has 2 N–H and O–H groups in total. The van der Waals surface area contributed by atoms with Crippen molar-refractivity contribution in [3.8, 4) is 23.1 Å². The number of nitrogens with zero attached hydrogens (tertiary/aromatic N) is 2. The molecule has 0 spiro atoms. The summed E-state index contributed by atoms with van der Waals surface area (Å²) in [6.07, 6.45) is 1.62. The number of benzene rings is 2. The quantitative estimate of drug-likeness (QED) is 0.383. The van der Waals surface area contributed by atoms with Gasteiger partial charge in [0, 0.05) is 6.20 Å². The van der Waals surface area contributed by atoms with Gasteiger partial charge in [-0.15, -0.1) is 0 Å². The van der Waals surface area contributed by atoms with Crippen LogP contribution in [0.5, 0.6) is 23.1 Å². The molecule has 0 aliphatic carbocycles. The van der Waals surface area contributed by atoms with Crippen LogP contribution in [-0.4, -0.2) is 17.6 Å². The van der Waals surface area contributed by atoms with Gasteiger partial charge in [-0.05, 0) is 42.0 Å². The van der Waals surface area contributed by atoms with Crippen LogP contribution in [0.2, 0.25) is 5.02 Å². The smallest absolute Gasteiger partial charge is 0.231 e. The first-order chi connectivity index (χ1) is 13.7. The summed E-state index contributed by atoms with van der Waals surface area (Å²) in [4.78, 5) is 9.61. The standard InChI is InChI=1S/C20H16ClN3O4/c21-16-9-13(10-17-18(16)26-12-25-17)11-27-24-19(22)15-7-4-8-23-20(15)28-14-5-2-1-3-6-14/h1-10H,11-12H2,(H2,22,24). The third-order valence-electron chi connectivity index (χ3n) is 3.89. The van der Waals surface area contributed by atoms with Gasteiger partial charge in [-0.1, -0.05) is 35.0 Å². The van der Waals surface area contributed by atoms with Crippen LogP contribution in [0, 0.1) is 0 Å². The van der Waals surface area contributed by atoms with E-state index in [4.69, 9.17) is 36.4 Å². The average Bonchev–Trinajstić information content (AvgIpc) is 3.18. The molecule has 0 fully saturated rings. The molecule has 28 heavy (non-hydrogen) atoms. The minimum absolute atomic E-state index is 0.144. The zero-order chi connectivity index (χ0) is 19.3. The van der Waals surface area contributed by atoms with Crippen LogP contribution >= 0.6 is 11.6 Å². The monoisotopic (exact) mass is 397 g/mol. The summed E-state index contributed by atoms with van der Waals surface area (Å²) >= 11 is 6.16. The van der Waals surface area contributed by atoms with Crippen molar-refractivity contribution >= 4 is 17.4 Å². The summed E-state index contributed by atoms with van der Waals surface area (Å²) in [5.41, 5.74) is 7.37. The van der Waals surface area contributed by atoms with E-state index in [0.717, 1.165) is 5.56 Å². The third-order valence-corrected chi connectivity index (χ3v) is 4.17. The molecule has 142 valence electrons. The molecule has 1 aliphatic rings. The SMILES string of the molecule is N/C(=N/OCc1cc(Cl)c2c(c1)OCO2)c1cccnc1Oc1ccccc1. The molecule has 0 saturated carbocycles. The average molecular weight is 398 g/mol. The Bertz CT molecular complexity index is 1010. The summed E-state index contributed by atoms with van der Waals surface area (Å²) in [6.45, 7) is 0.307. The lowest BCUT2D eigenvalue weighted by molar-refractivity contribution is 0.130. The van der Waals surface area contributed by atoms with Gasteiger partial charge in [-0.3, -0.25) is 0 Å². The maximum atomic E-state index is 6.16. The van der Waals surface area contributed by atoms with E-state index in [1.807, 2.05) is 30.3 Å². The Kier molecular flexibility index (Phi) is 5.16. The summed E-state index contributed by atoms with van der Waals surface area (Å²) in [7, 11) is 0. The van der Waals surface area contributed by atoms with Gasteiger partial charge in [0.15, 0.2) is 17.3 Å². The van der Waals surface area contributed by atoms with E-state index >= 15 is 0 Å². The van der Waals surface area contributed by atoms with E-state index in [0.29, 0.717) is 33.7 Å². The fourth-order valence-corrected chi connectivity index (χ4v) is 2.88. The molecule has 1 aliphatic heterocycles. The summed E-state index contributed by atoms with van der Waals surface area (Å²) < 4.78 is 16.4. The first-order valence-corrected chi connectivity index (χ1v) is 8.80. The van der Waals surface area contributed by atoms with Crippen molar-refractivity contribution in [2.75, 3.05) is 6.79 Å². The van der Waals surface area contributed by atoms with Crippen LogP contribution in [-0.2, 0) is 11.4 Å². The molecule has 0 amide bonds. The molecule has 2 heterocycles. The second-order valence-electron chi connectivity index (χ2n) is 5.83. The fourth-order valence-electron chi connectivity index (χ4n) is 2.60. The molecule has 0 radical (unpaired) electrons. The minimum atomic E-state index is 0.144. The van der Waals surface area contributed by atoms with Crippen molar-refractivity contribution in [1.29, 1.82) is 0 Å². The van der Waals surface area contributed by atoms with Crippen molar-refractivity contribution in [2.24, 2.45) is 10.9 Å². The maximum Gasteiger partial charge on any atom is 0.231 e. The lowest BCUT2D eigenvalue weighted by Gasteiger charge is -2.09. The highest BCUT2D eigenvalue weighted by Gasteiger charge is 2.18. The number of fused-ring (bicyclic) bond motifs is 1. The molecule has 2 aromatic carbocycles.